The molecule has 0 bridgehead atoms. The van der Waals surface area contributed by atoms with Gasteiger partial charge in [-0.05, 0) is 29.3 Å². The van der Waals surface area contributed by atoms with Crippen molar-refractivity contribution in [3.63, 3.8) is 0 Å². The molecule has 1 aromatic carbocycles. The van der Waals surface area contributed by atoms with E-state index >= 15 is 0 Å². The quantitative estimate of drug-likeness (QED) is 0.792. The lowest BCUT2D eigenvalue weighted by atomic mass is 10.0. The summed E-state index contributed by atoms with van der Waals surface area (Å²) in [6.45, 7) is 1.77. The molecule has 0 saturated carbocycles. The molecule has 0 aromatic heterocycles. The molecule has 14 heavy (non-hydrogen) atoms. The first kappa shape index (κ1) is 11.5. The summed E-state index contributed by atoms with van der Waals surface area (Å²) in [5.74, 6) is 0.437. The van der Waals surface area contributed by atoms with E-state index in [2.05, 4.69) is 15.9 Å². The van der Waals surface area contributed by atoms with Crippen LogP contribution in [0.4, 0.5) is 0 Å². The Bertz CT molecular complexity index is 352. The summed E-state index contributed by atoms with van der Waals surface area (Å²) in [4.78, 5) is 11.0. The molecule has 2 nitrogen and oxygen atoms in total. The van der Waals surface area contributed by atoms with Crippen molar-refractivity contribution in [3.05, 3.63) is 28.2 Å². The lowest BCUT2D eigenvalue weighted by Crippen LogP contribution is -2.02. The number of benzene rings is 1. The molecule has 1 aromatic rings. The highest BCUT2D eigenvalue weighted by Crippen LogP contribution is 2.29. The van der Waals surface area contributed by atoms with Gasteiger partial charge in [0.1, 0.15) is 5.75 Å². The maximum absolute atomic E-state index is 11.0. The van der Waals surface area contributed by atoms with Gasteiger partial charge in [0.15, 0.2) is 0 Å². The Labute approximate surface area is 96.3 Å². The predicted molar refractivity (Wildman–Crippen MR) is 60.0 cm³/mol. The van der Waals surface area contributed by atoms with Crippen LogP contribution in [0.25, 0.3) is 0 Å². The molecule has 0 aliphatic carbocycles. The molecule has 0 heterocycles. The van der Waals surface area contributed by atoms with Crippen LogP contribution in [0.1, 0.15) is 18.4 Å². The van der Waals surface area contributed by atoms with Crippen molar-refractivity contribution in [2.75, 3.05) is 7.11 Å². The van der Waals surface area contributed by atoms with Crippen molar-refractivity contribution in [2.45, 2.75) is 12.8 Å². The van der Waals surface area contributed by atoms with E-state index in [0.29, 0.717) is 0 Å². The normalized spacial score (nSPS) is 12.3. The highest BCUT2D eigenvalue weighted by Gasteiger charge is 2.15. The van der Waals surface area contributed by atoms with Gasteiger partial charge in [0, 0.05) is 4.47 Å². The van der Waals surface area contributed by atoms with E-state index < -0.39 is 0 Å². The third-order valence-electron chi connectivity index (χ3n) is 2.01. The number of hydrogen-bond acceptors (Lipinski definition) is 2. The topological polar surface area (TPSA) is 26.3 Å². The maximum Gasteiger partial charge on any atom is 0.228 e. The van der Waals surface area contributed by atoms with Crippen molar-refractivity contribution < 1.29 is 9.53 Å². The molecule has 0 aliphatic rings. The van der Waals surface area contributed by atoms with Gasteiger partial charge in [-0.1, -0.05) is 28.9 Å². The van der Waals surface area contributed by atoms with Gasteiger partial charge in [0.25, 0.3) is 0 Å². The van der Waals surface area contributed by atoms with Gasteiger partial charge in [-0.25, -0.2) is 0 Å². The number of ether oxygens (including phenoxy) is 1. The SMILES string of the molecule is COc1ccc(C(C)C(=O)Cl)c(Br)c1. The number of rotatable bonds is 3. The van der Waals surface area contributed by atoms with Crippen LogP contribution in [0.3, 0.4) is 0 Å². The molecule has 0 fully saturated rings. The van der Waals surface area contributed by atoms with Crippen LogP contribution in [0.5, 0.6) is 5.75 Å². The molecule has 1 unspecified atom stereocenters. The summed E-state index contributed by atoms with van der Waals surface area (Å²) in [7, 11) is 1.59. The zero-order valence-corrected chi connectivity index (χ0v) is 10.2. The van der Waals surface area contributed by atoms with Crippen LogP contribution in [0, 0.1) is 0 Å². The molecule has 1 rings (SSSR count). The second-order valence-corrected chi connectivity index (χ2v) is 4.14. The summed E-state index contributed by atoms with van der Waals surface area (Å²) in [6, 6.07) is 5.44. The summed E-state index contributed by atoms with van der Waals surface area (Å²) in [5.41, 5.74) is 0.866. The molecule has 0 aliphatic heterocycles. The fraction of sp³-hybridized carbons (Fsp3) is 0.300. The van der Waals surface area contributed by atoms with E-state index in [1.807, 2.05) is 12.1 Å². The summed E-state index contributed by atoms with van der Waals surface area (Å²) in [5, 5.41) is -0.365. The first-order valence-corrected chi connectivity index (χ1v) is 5.26. The maximum atomic E-state index is 11.0. The van der Waals surface area contributed by atoms with Gasteiger partial charge in [-0.3, -0.25) is 4.79 Å². The standard InChI is InChI=1S/C10H10BrClO2/c1-6(10(12)13)8-4-3-7(14-2)5-9(8)11/h3-6H,1-2H3. The average molecular weight is 278 g/mol. The average Bonchev–Trinajstić information content (AvgIpc) is 2.16. The van der Waals surface area contributed by atoms with Gasteiger partial charge in [0.2, 0.25) is 5.24 Å². The van der Waals surface area contributed by atoms with E-state index in [-0.39, 0.29) is 11.2 Å². The van der Waals surface area contributed by atoms with Gasteiger partial charge in [0.05, 0.1) is 13.0 Å². The molecule has 4 heteroatoms. The van der Waals surface area contributed by atoms with Gasteiger partial charge < -0.3 is 4.74 Å². The first-order valence-electron chi connectivity index (χ1n) is 4.09. The van der Waals surface area contributed by atoms with Crippen LogP contribution in [0.2, 0.25) is 0 Å². The zero-order chi connectivity index (χ0) is 10.7. The van der Waals surface area contributed by atoms with Crippen molar-refractivity contribution in [3.8, 4) is 5.75 Å². The highest BCUT2D eigenvalue weighted by molar-refractivity contribution is 9.10. The summed E-state index contributed by atoms with van der Waals surface area (Å²) < 4.78 is 5.87. The van der Waals surface area contributed by atoms with Crippen molar-refractivity contribution >= 4 is 32.8 Å². The number of carbonyl (C=O) groups excluding carboxylic acids is 1. The Morgan fingerprint density at radius 2 is 2.21 bits per heavy atom. The molecule has 0 spiro atoms. The van der Waals surface area contributed by atoms with Gasteiger partial charge in [-0.2, -0.15) is 0 Å². The molecule has 1 atom stereocenters. The van der Waals surface area contributed by atoms with Crippen molar-refractivity contribution in [2.24, 2.45) is 0 Å². The number of halogens is 2. The summed E-state index contributed by atoms with van der Waals surface area (Å²) >= 11 is 8.78. The third kappa shape index (κ3) is 2.49. The largest absolute Gasteiger partial charge is 0.497 e. The molecule has 0 N–H and O–H groups in total. The van der Waals surface area contributed by atoms with E-state index in [1.54, 1.807) is 20.1 Å². The van der Waals surface area contributed by atoms with Crippen LogP contribution in [-0.4, -0.2) is 12.4 Å². The van der Waals surface area contributed by atoms with E-state index in [4.69, 9.17) is 16.3 Å². The van der Waals surface area contributed by atoms with Crippen molar-refractivity contribution in [1.29, 1.82) is 0 Å². The van der Waals surface area contributed by atoms with E-state index in [9.17, 15) is 4.79 Å². The lowest BCUT2D eigenvalue weighted by Gasteiger charge is -2.10. The molecule has 76 valence electrons. The Kier molecular flexibility index (Phi) is 3.96. The van der Waals surface area contributed by atoms with Gasteiger partial charge >= 0.3 is 0 Å². The van der Waals surface area contributed by atoms with Crippen LogP contribution in [-0.2, 0) is 4.79 Å². The second kappa shape index (κ2) is 4.80. The first-order chi connectivity index (χ1) is 6.56. The highest BCUT2D eigenvalue weighted by atomic mass is 79.9. The minimum atomic E-state index is -0.365. The Balaban J connectivity index is 3.05. The minimum absolute atomic E-state index is 0.308. The number of methoxy groups -OCH3 is 1. The van der Waals surface area contributed by atoms with Crippen LogP contribution >= 0.6 is 27.5 Å². The monoisotopic (exact) mass is 276 g/mol. The Morgan fingerprint density at radius 3 is 2.64 bits per heavy atom. The number of carbonyl (C=O) groups is 1. The smallest absolute Gasteiger partial charge is 0.228 e. The van der Waals surface area contributed by atoms with E-state index in [1.165, 1.54) is 0 Å². The molecule has 0 amide bonds. The Morgan fingerprint density at radius 1 is 1.57 bits per heavy atom. The van der Waals surface area contributed by atoms with E-state index in [0.717, 1.165) is 15.8 Å². The second-order valence-electron chi connectivity index (χ2n) is 2.91. The van der Waals surface area contributed by atoms with Crippen LogP contribution < -0.4 is 4.74 Å². The molecular formula is C10H10BrClO2. The molecule has 0 radical (unpaired) electrons. The number of hydrogen-bond donors (Lipinski definition) is 0. The zero-order valence-electron chi connectivity index (χ0n) is 7.88. The Hall–Kier alpha value is -0.540. The summed E-state index contributed by atoms with van der Waals surface area (Å²) in [6.07, 6.45) is 0. The lowest BCUT2D eigenvalue weighted by molar-refractivity contribution is -0.112. The third-order valence-corrected chi connectivity index (χ3v) is 3.03. The van der Waals surface area contributed by atoms with Crippen LogP contribution in [0.15, 0.2) is 22.7 Å². The van der Waals surface area contributed by atoms with Crippen molar-refractivity contribution in [1.82, 2.24) is 0 Å². The predicted octanol–water partition coefficient (Wildman–Crippen LogP) is 3.33. The minimum Gasteiger partial charge on any atom is -0.497 e. The fourth-order valence-corrected chi connectivity index (χ4v) is 1.93. The van der Waals surface area contributed by atoms with Gasteiger partial charge in [-0.15, -0.1) is 0 Å². The molecule has 0 saturated heterocycles. The molecular weight excluding hydrogens is 267 g/mol. The fourth-order valence-electron chi connectivity index (χ4n) is 1.11.